The molecule has 6 nitrogen and oxygen atoms in total. The SMILES string of the molecule is CNC(=O)C1CC[C@H]2[C@@H]3CCC4CC(OC(=O)N5CCCC(O)C5)CC[C@]4(C)[C@H]3CC[C@]12C. The molecule has 1 aliphatic heterocycles. The first-order chi connectivity index (χ1) is 15.8. The van der Waals surface area contributed by atoms with Crippen molar-refractivity contribution >= 4 is 12.0 Å². The number of hydrogen-bond donors (Lipinski definition) is 2. The number of piperidine rings is 1. The van der Waals surface area contributed by atoms with E-state index in [-0.39, 0.29) is 29.4 Å². The molecule has 0 spiro atoms. The summed E-state index contributed by atoms with van der Waals surface area (Å²) >= 11 is 0. The lowest BCUT2D eigenvalue weighted by molar-refractivity contribution is -0.141. The highest BCUT2D eigenvalue weighted by Gasteiger charge is 2.61. The van der Waals surface area contributed by atoms with Gasteiger partial charge in [0.1, 0.15) is 6.10 Å². The van der Waals surface area contributed by atoms with Gasteiger partial charge in [0, 0.05) is 26.1 Å². The number of carbonyl (C=O) groups is 2. The number of ether oxygens (including phenoxy) is 1. The van der Waals surface area contributed by atoms with Crippen LogP contribution in [-0.4, -0.2) is 54.4 Å². The normalized spacial score (nSPS) is 47.2. The molecule has 0 aromatic heterocycles. The van der Waals surface area contributed by atoms with Gasteiger partial charge >= 0.3 is 6.09 Å². The maximum absolute atomic E-state index is 12.7. The second-order valence-electron chi connectivity index (χ2n) is 12.5. The lowest BCUT2D eigenvalue weighted by atomic mass is 9.44. The highest BCUT2D eigenvalue weighted by atomic mass is 16.6. The molecule has 9 atom stereocenters. The summed E-state index contributed by atoms with van der Waals surface area (Å²) in [5.41, 5.74) is 0.496. The first kappa shape index (κ1) is 23.4. The molecule has 1 saturated heterocycles. The van der Waals surface area contributed by atoms with Crippen LogP contribution in [0.5, 0.6) is 0 Å². The van der Waals surface area contributed by atoms with E-state index in [0.29, 0.717) is 30.3 Å². The van der Waals surface area contributed by atoms with Gasteiger partial charge in [0.15, 0.2) is 0 Å². The van der Waals surface area contributed by atoms with Gasteiger partial charge in [-0.15, -0.1) is 0 Å². The predicted octanol–water partition coefficient (Wildman–Crippen LogP) is 4.35. The van der Waals surface area contributed by atoms with Crippen LogP contribution in [0.15, 0.2) is 0 Å². The fourth-order valence-electron chi connectivity index (χ4n) is 9.27. The van der Waals surface area contributed by atoms with Gasteiger partial charge in [-0.3, -0.25) is 4.79 Å². The summed E-state index contributed by atoms with van der Waals surface area (Å²) in [4.78, 5) is 27.0. The molecule has 2 amide bonds. The maximum Gasteiger partial charge on any atom is 0.410 e. The van der Waals surface area contributed by atoms with E-state index in [1.165, 1.54) is 32.1 Å². The molecule has 0 bridgehead atoms. The number of β-amino-alcohol motifs (C(OH)–C–C–N with tert-alkyl or cyclic N) is 1. The second kappa shape index (κ2) is 8.73. The number of amides is 2. The van der Waals surface area contributed by atoms with Gasteiger partial charge in [0.2, 0.25) is 5.91 Å². The molecule has 186 valence electrons. The van der Waals surface area contributed by atoms with Crippen molar-refractivity contribution in [3.63, 3.8) is 0 Å². The van der Waals surface area contributed by atoms with Crippen LogP contribution in [0, 0.1) is 40.4 Å². The Bertz CT molecular complexity index is 773. The second-order valence-corrected chi connectivity index (χ2v) is 12.5. The summed E-state index contributed by atoms with van der Waals surface area (Å²) in [5, 5.41) is 12.8. The number of aliphatic hydroxyl groups is 1. The first-order valence-electron chi connectivity index (χ1n) is 13.6. The number of carbonyl (C=O) groups excluding carboxylic acids is 2. The average Bonchev–Trinajstić information content (AvgIpc) is 3.16. The van der Waals surface area contributed by atoms with E-state index in [1.54, 1.807) is 11.9 Å². The minimum atomic E-state index is -0.410. The van der Waals surface area contributed by atoms with Crippen LogP contribution < -0.4 is 5.32 Å². The van der Waals surface area contributed by atoms with Crippen LogP contribution in [0.25, 0.3) is 0 Å². The molecule has 4 saturated carbocycles. The molecule has 0 aromatic carbocycles. The van der Waals surface area contributed by atoms with Crippen LogP contribution in [0.1, 0.15) is 84.5 Å². The number of likely N-dealkylation sites (tertiary alicyclic amines) is 1. The Morgan fingerprint density at radius 2 is 1.73 bits per heavy atom. The number of nitrogens with one attached hydrogen (secondary N) is 1. The molecule has 4 aliphatic carbocycles. The van der Waals surface area contributed by atoms with E-state index in [2.05, 4.69) is 19.2 Å². The van der Waals surface area contributed by atoms with Gasteiger partial charge in [0.25, 0.3) is 0 Å². The lowest BCUT2D eigenvalue weighted by Gasteiger charge is -2.61. The van der Waals surface area contributed by atoms with Crippen molar-refractivity contribution in [1.29, 1.82) is 0 Å². The Labute approximate surface area is 199 Å². The molecule has 5 fully saturated rings. The first-order valence-corrected chi connectivity index (χ1v) is 13.6. The number of nitrogens with zero attached hydrogens (tertiary/aromatic N) is 1. The molecule has 0 aromatic rings. The van der Waals surface area contributed by atoms with Crippen molar-refractivity contribution in [2.24, 2.45) is 40.4 Å². The predicted molar refractivity (Wildman–Crippen MR) is 126 cm³/mol. The molecule has 1 heterocycles. The average molecular weight is 461 g/mol. The topological polar surface area (TPSA) is 78.9 Å². The standard InChI is InChI=1S/C27H44N2O4/c1-26-12-10-19(33-25(32)29-14-4-5-18(30)16-29)15-17(26)6-7-20-21-8-9-23(24(31)28-3)27(21,2)13-11-22(20)26/h17-23,30H,4-16H2,1-3H3,(H,28,31)/t17?,18?,19?,20-,21-,22-,23?,26-,27-/m0/s1. The summed E-state index contributed by atoms with van der Waals surface area (Å²) in [6, 6.07) is 0. The van der Waals surface area contributed by atoms with Crippen LogP contribution in [0.4, 0.5) is 4.79 Å². The molecule has 2 N–H and O–H groups in total. The van der Waals surface area contributed by atoms with Gasteiger partial charge in [0.05, 0.1) is 6.10 Å². The zero-order valence-corrected chi connectivity index (χ0v) is 20.9. The van der Waals surface area contributed by atoms with Crippen LogP contribution in [0.3, 0.4) is 0 Å². The largest absolute Gasteiger partial charge is 0.446 e. The van der Waals surface area contributed by atoms with E-state index in [4.69, 9.17) is 4.74 Å². The zero-order valence-electron chi connectivity index (χ0n) is 20.9. The van der Waals surface area contributed by atoms with E-state index < -0.39 is 6.10 Å². The van der Waals surface area contributed by atoms with Gasteiger partial charge in [-0.1, -0.05) is 13.8 Å². The van der Waals surface area contributed by atoms with E-state index in [9.17, 15) is 14.7 Å². The van der Waals surface area contributed by atoms with Crippen molar-refractivity contribution in [2.75, 3.05) is 20.1 Å². The van der Waals surface area contributed by atoms with Gasteiger partial charge in [-0.2, -0.15) is 0 Å². The molecule has 5 rings (SSSR count). The molecule has 5 aliphatic rings. The number of aliphatic hydroxyl groups excluding tert-OH is 1. The Morgan fingerprint density at radius 1 is 0.970 bits per heavy atom. The molecular weight excluding hydrogens is 416 g/mol. The van der Waals surface area contributed by atoms with E-state index >= 15 is 0 Å². The minimum absolute atomic E-state index is 0.0177. The molecule has 0 radical (unpaired) electrons. The van der Waals surface area contributed by atoms with Crippen LogP contribution in [-0.2, 0) is 9.53 Å². The van der Waals surface area contributed by atoms with Crippen molar-refractivity contribution in [2.45, 2.75) is 96.7 Å². The molecular formula is C27H44N2O4. The highest BCUT2D eigenvalue weighted by Crippen LogP contribution is 2.67. The van der Waals surface area contributed by atoms with Crippen molar-refractivity contribution in [3.05, 3.63) is 0 Å². The van der Waals surface area contributed by atoms with Crippen LogP contribution in [0.2, 0.25) is 0 Å². The highest BCUT2D eigenvalue weighted by molar-refractivity contribution is 5.79. The minimum Gasteiger partial charge on any atom is -0.446 e. The number of hydrogen-bond acceptors (Lipinski definition) is 4. The Balaban J connectivity index is 1.24. The third-order valence-corrected chi connectivity index (χ3v) is 11.1. The monoisotopic (exact) mass is 460 g/mol. The summed E-state index contributed by atoms with van der Waals surface area (Å²) < 4.78 is 5.98. The van der Waals surface area contributed by atoms with E-state index in [1.807, 2.05) is 0 Å². The molecule has 6 heteroatoms. The smallest absolute Gasteiger partial charge is 0.410 e. The summed E-state index contributed by atoms with van der Waals surface area (Å²) in [5.74, 6) is 3.22. The van der Waals surface area contributed by atoms with Crippen molar-refractivity contribution < 1.29 is 19.4 Å². The molecule has 33 heavy (non-hydrogen) atoms. The van der Waals surface area contributed by atoms with Crippen molar-refractivity contribution in [3.8, 4) is 0 Å². The van der Waals surface area contributed by atoms with Gasteiger partial charge < -0.3 is 20.1 Å². The summed E-state index contributed by atoms with van der Waals surface area (Å²) in [6.07, 6.45) is 11.3. The fourth-order valence-corrected chi connectivity index (χ4v) is 9.27. The number of fused-ring (bicyclic) bond motifs is 5. The van der Waals surface area contributed by atoms with Crippen molar-refractivity contribution in [1.82, 2.24) is 10.2 Å². The Morgan fingerprint density at radius 3 is 2.48 bits per heavy atom. The Hall–Kier alpha value is -1.30. The zero-order chi connectivity index (χ0) is 23.4. The van der Waals surface area contributed by atoms with Gasteiger partial charge in [-0.05, 0) is 105 Å². The number of rotatable bonds is 2. The molecule has 4 unspecified atom stereocenters. The van der Waals surface area contributed by atoms with Gasteiger partial charge in [-0.25, -0.2) is 4.79 Å². The quantitative estimate of drug-likeness (QED) is 0.642. The third kappa shape index (κ3) is 3.88. The van der Waals surface area contributed by atoms with Crippen LogP contribution >= 0.6 is 0 Å². The maximum atomic E-state index is 12.7. The van der Waals surface area contributed by atoms with E-state index in [0.717, 1.165) is 50.4 Å². The third-order valence-electron chi connectivity index (χ3n) is 11.1. The Kier molecular flexibility index (Phi) is 6.20. The summed E-state index contributed by atoms with van der Waals surface area (Å²) in [7, 11) is 1.79. The fraction of sp³-hybridized carbons (Fsp3) is 0.926. The lowest BCUT2D eigenvalue weighted by Crippen LogP contribution is -2.55. The summed E-state index contributed by atoms with van der Waals surface area (Å²) in [6.45, 7) is 6.04.